The minimum atomic E-state index is -1.18. The van der Waals surface area contributed by atoms with E-state index in [4.69, 9.17) is 9.94 Å². The van der Waals surface area contributed by atoms with Gasteiger partial charge in [-0.2, -0.15) is 0 Å². The summed E-state index contributed by atoms with van der Waals surface area (Å²) in [6.45, 7) is 0.448. The SMILES string of the molecule is CN1CC(NC(=O)C2CC(C(=O)O)=NO2)CCC1=O. The van der Waals surface area contributed by atoms with E-state index >= 15 is 0 Å². The number of piperidine rings is 1. The first-order valence-electron chi connectivity index (χ1n) is 5.97. The summed E-state index contributed by atoms with van der Waals surface area (Å²) in [4.78, 5) is 40.2. The van der Waals surface area contributed by atoms with Gasteiger partial charge in [0.1, 0.15) is 0 Å². The number of oxime groups is 1. The highest BCUT2D eigenvalue weighted by atomic mass is 16.6. The lowest BCUT2D eigenvalue weighted by Gasteiger charge is -2.30. The number of likely N-dealkylation sites (N-methyl/N-ethyl adjacent to an activating group) is 1. The van der Waals surface area contributed by atoms with E-state index in [1.807, 2.05) is 0 Å². The molecular formula is C11H15N3O5. The Morgan fingerprint density at radius 2 is 2.26 bits per heavy atom. The van der Waals surface area contributed by atoms with Gasteiger partial charge in [-0.1, -0.05) is 5.16 Å². The molecule has 2 aliphatic heterocycles. The van der Waals surface area contributed by atoms with E-state index in [-0.39, 0.29) is 24.1 Å². The van der Waals surface area contributed by atoms with Crippen LogP contribution in [0.1, 0.15) is 19.3 Å². The van der Waals surface area contributed by atoms with Crippen LogP contribution in [-0.4, -0.2) is 59.2 Å². The number of likely N-dealkylation sites (tertiary alicyclic amines) is 1. The summed E-state index contributed by atoms with van der Waals surface area (Å²) in [5.74, 6) is -1.52. The van der Waals surface area contributed by atoms with Crippen LogP contribution in [0.25, 0.3) is 0 Å². The lowest BCUT2D eigenvalue weighted by atomic mass is 10.0. The minimum absolute atomic E-state index is 0.0390. The van der Waals surface area contributed by atoms with Gasteiger partial charge < -0.3 is 20.2 Å². The molecule has 0 spiro atoms. The van der Waals surface area contributed by atoms with Crippen LogP contribution < -0.4 is 5.32 Å². The molecule has 0 saturated carbocycles. The number of rotatable bonds is 3. The number of carboxylic acids is 1. The fourth-order valence-electron chi connectivity index (χ4n) is 2.07. The number of carbonyl (C=O) groups excluding carboxylic acids is 2. The summed E-state index contributed by atoms with van der Waals surface area (Å²) in [6.07, 6.45) is 0.0369. The van der Waals surface area contributed by atoms with Gasteiger partial charge in [0, 0.05) is 32.5 Å². The van der Waals surface area contributed by atoms with Crippen LogP contribution in [0, 0.1) is 0 Å². The summed E-state index contributed by atoms with van der Waals surface area (Å²) < 4.78 is 0. The van der Waals surface area contributed by atoms with E-state index in [0.29, 0.717) is 19.4 Å². The van der Waals surface area contributed by atoms with Gasteiger partial charge in [-0.25, -0.2) is 4.79 Å². The smallest absolute Gasteiger partial charge is 0.353 e. The number of aliphatic carboxylic acids is 1. The zero-order chi connectivity index (χ0) is 14.0. The predicted molar refractivity (Wildman–Crippen MR) is 63.4 cm³/mol. The van der Waals surface area contributed by atoms with Gasteiger partial charge in [-0.3, -0.25) is 9.59 Å². The normalized spacial score (nSPS) is 26.7. The molecule has 0 aromatic heterocycles. The average molecular weight is 269 g/mol. The van der Waals surface area contributed by atoms with Crippen LogP contribution in [0.15, 0.2) is 5.16 Å². The van der Waals surface area contributed by atoms with Crippen LogP contribution in [-0.2, 0) is 19.2 Å². The second-order valence-electron chi connectivity index (χ2n) is 4.66. The van der Waals surface area contributed by atoms with E-state index < -0.39 is 18.0 Å². The maximum Gasteiger partial charge on any atom is 0.353 e. The Bertz CT molecular complexity index is 448. The fraction of sp³-hybridized carbons (Fsp3) is 0.636. The Labute approximate surface area is 109 Å². The molecule has 2 amide bonds. The summed E-state index contributed by atoms with van der Waals surface area (Å²) in [6, 6.07) is -0.132. The summed E-state index contributed by atoms with van der Waals surface area (Å²) in [5.41, 5.74) is -0.156. The Balaban J connectivity index is 1.83. The molecular weight excluding hydrogens is 254 g/mol. The molecule has 0 bridgehead atoms. The van der Waals surface area contributed by atoms with E-state index in [1.54, 1.807) is 11.9 Å². The zero-order valence-corrected chi connectivity index (χ0v) is 10.5. The second kappa shape index (κ2) is 5.25. The van der Waals surface area contributed by atoms with Crippen LogP contribution in [0.2, 0.25) is 0 Å². The molecule has 104 valence electrons. The highest BCUT2D eigenvalue weighted by Crippen LogP contribution is 2.14. The molecule has 2 rings (SSSR count). The molecule has 0 radical (unpaired) electrons. The lowest BCUT2D eigenvalue weighted by molar-refractivity contribution is -0.136. The van der Waals surface area contributed by atoms with Crippen molar-refractivity contribution in [3.05, 3.63) is 0 Å². The Hall–Kier alpha value is -2.12. The molecule has 0 aromatic carbocycles. The highest BCUT2D eigenvalue weighted by Gasteiger charge is 2.33. The Morgan fingerprint density at radius 1 is 1.53 bits per heavy atom. The number of hydrogen-bond donors (Lipinski definition) is 2. The lowest BCUT2D eigenvalue weighted by Crippen LogP contribution is -2.50. The van der Waals surface area contributed by atoms with E-state index in [0.717, 1.165) is 0 Å². The number of nitrogens with one attached hydrogen (secondary N) is 1. The molecule has 19 heavy (non-hydrogen) atoms. The summed E-state index contributed by atoms with van der Waals surface area (Å²) >= 11 is 0. The number of carbonyl (C=O) groups is 3. The van der Waals surface area contributed by atoms with Crippen molar-refractivity contribution in [1.29, 1.82) is 0 Å². The maximum atomic E-state index is 11.9. The first-order chi connectivity index (χ1) is 8.97. The third kappa shape index (κ3) is 3.01. The number of hydrogen-bond acceptors (Lipinski definition) is 5. The van der Waals surface area contributed by atoms with Crippen molar-refractivity contribution in [1.82, 2.24) is 10.2 Å². The molecule has 8 nitrogen and oxygen atoms in total. The van der Waals surface area contributed by atoms with Gasteiger partial charge in [0.2, 0.25) is 12.0 Å². The summed E-state index contributed by atoms with van der Waals surface area (Å²) in [5, 5.41) is 14.8. The fourth-order valence-corrected chi connectivity index (χ4v) is 2.07. The van der Waals surface area contributed by atoms with Crippen LogP contribution in [0.5, 0.6) is 0 Å². The zero-order valence-electron chi connectivity index (χ0n) is 10.5. The van der Waals surface area contributed by atoms with Gasteiger partial charge in [-0.15, -0.1) is 0 Å². The second-order valence-corrected chi connectivity index (χ2v) is 4.66. The molecule has 1 saturated heterocycles. The minimum Gasteiger partial charge on any atom is -0.477 e. The molecule has 8 heteroatoms. The Morgan fingerprint density at radius 3 is 2.84 bits per heavy atom. The number of nitrogens with zero attached hydrogens (tertiary/aromatic N) is 2. The van der Waals surface area contributed by atoms with E-state index in [1.165, 1.54) is 0 Å². The monoisotopic (exact) mass is 269 g/mol. The van der Waals surface area contributed by atoms with E-state index in [9.17, 15) is 14.4 Å². The largest absolute Gasteiger partial charge is 0.477 e. The first kappa shape index (κ1) is 13.3. The number of amides is 2. The molecule has 0 aliphatic carbocycles. The molecule has 1 fully saturated rings. The van der Waals surface area contributed by atoms with Crippen molar-refractivity contribution in [2.24, 2.45) is 5.16 Å². The number of carboxylic acid groups (broad SMARTS) is 1. The quantitative estimate of drug-likeness (QED) is 0.679. The van der Waals surface area contributed by atoms with Gasteiger partial charge in [0.25, 0.3) is 5.91 Å². The topological polar surface area (TPSA) is 108 Å². The third-order valence-corrected chi connectivity index (χ3v) is 3.18. The molecule has 2 unspecified atom stereocenters. The van der Waals surface area contributed by atoms with E-state index in [2.05, 4.69) is 10.5 Å². The molecule has 2 aliphatic rings. The molecule has 0 aromatic rings. The van der Waals surface area contributed by atoms with Crippen molar-refractivity contribution in [3.63, 3.8) is 0 Å². The highest BCUT2D eigenvalue weighted by molar-refractivity contribution is 6.36. The van der Waals surface area contributed by atoms with Gasteiger partial charge in [0.15, 0.2) is 5.71 Å². The molecule has 2 N–H and O–H groups in total. The van der Waals surface area contributed by atoms with Crippen LogP contribution in [0.3, 0.4) is 0 Å². The van der Waals surface area contributed by atoms with Crippen LogP contribution >= 0.6 is 0 Å². The average Bonchev–Trinajstić information content (AvgIpc) is 2.83. The Kier molecular flexibility index (Phi) is 3.68. The van der Waals surface area contributed by atoms with Gasteiger partial charge in [0.05, 0.1) is 0 Å². The molecule has 2 atom stereocenters. The standard InChI is InChI=1S/C11H15N3O5/c1-14-5-6(2-3-9(14)15)12-10(16)8-4-7(11(17)18)13-19-8/h6,8H,2-5H2,1H3,(H,12,16)(H,17,18). The molecule has 2 heterocycles. The van der Waals surface area contributed by atoms with Crippen molar-refractivity contribution in [2.75, 3.05) is 13.6 Å². The van der Waals surface area contributed by atoms with Crippen molar-refractivity contribution < 1.29 is 24.3 Å². The van der Waals surface area contributed by atoms with Crippen molar-refractivity contribution in [2.45, 2.75) is 31.4 Å². The summed E-state index contributed by atoms with van der Waals surface area (Å²) in [7, 11) is 1.68. The van der Waals surface area contributed by atoms with Crippen molar-refractivity contribution >= 4 is 23.5 Å². The predicted octanol–water partition coefficient (Wildman–Crippen LogP) is -1.05. The van der Waals surface area contributed by atoms with Gasteiger partial charge in [-0.05, 0) is 6.42 Å². The first-order valence-corrected chi connectivity index (χ1v) is 5.97. The van der Waals surface area contributed by atoms with Gasteiger partial charge >= 0.3 is 5.97 Å². The maximum absolute atomic E-state index is 11.9. The van der Waals surface area contributed by atoms with Crippen LogP contribution in [0.4, 0.5) is 0 Å². The van der Waals surface area contributed by atoms with Crippen molar-refractivity contribution in [3.8, 4) is 0 Å². The third-order valence-electron chi connectivity index (χ3n) is 3.18.